The van der Waals surface area contributed by atoms with Crippen molar-refractivity contribution in [3.63, 3.8) is 0 Å². The molecule has 0 saturated heterocycles. The number of hydrogen-bond acceptors (Lipinski definition) is 2. The summed E-state index contributed by atoms with van der Waals surface area (Å²) in [4.78, 5) is 10.6. The molecule has 0 aliphatic rings. The smallest absolute Gasteiger partial charge is 0.387 e. The number of alkyl halides is 4. The van der Waals surface area contributed by atoms with Gasteiger partial charge < -0.3 is 4.74 Å². The van der Waals surface area contributed by atoms with Crippen molar-refractivity contribution in [3.8, 4) is 5.75 Å². The lowest BCUT2D eigenvalue weighted by Crippen LogP contribution is -2.08. The number of halogens is 4. The minimum absolute atomic E-state index is 0.0322. The fourth-order valence-corrected chi connectivity index (χ4v) is 1.83. The Labute approximate surface area is 111 Å². The van der Waals surface area contributed by atoms with E-state index in [-0.39, 0.29) is 17.4 Å². The first-order chi connectivity index (χ1) is 7.95. The minimum Gasteiger partial charge on any atom is -0.434 e. The molecule has 0 amide bonds. The SMILES string of the molecule is CC(=O)C(Br)c1ccc(CCl)cc1OC(F)F. The van der Waals surface area contributed by atoms with Crippen LogP contribution in [0.15, 0.2) is 18.2 Å². The first kappa shape index (κ1) is 14.4. The van der Waals surface area contributed by atoms with Crippen LogP contribution in [0.2, 0.25) is 0 Å². The molecule has 1 unspecified atom stereocenters. The lowest BCUT2D eigenvalue weighted by atomic mass is 10.1. The van der Waals surface area contributed by atoms with Crippen molar-refractivity contribution in [2.45, 2.75) is 24.2 Å². The Morgan fingerprint density at radius 3 is 2.65 bits per heavy atom. The van der Waals surface area contributed by atoms with E-state index in [0.29, 0.717) is 11.1 Å². The van der Waals surface area contributed by atoms with Crippen molar-refractivity contribution in [1.29, 1.82) is 0 Å². The monoisotopic (exact) mass is 326 g/mol. The van der Waals surface area contributed by atoms with Crippen LogP contribution in [0.25, 0.3) is 0 Å². The standard InChI is InChI=1S/C11H10BrClF2O2/c1-6(16)10(12)8-3-2-7(5-13)4-9(8)17-11(14)15/h2-4,10-11H,5H2,1H3. The van der Waals surface area contributed by atoms with Gasteiger partial charge >= 0.3 is 6.61 Å². The number of carbonyl (C=O) groups excluding carboxylic acids is 1. The summed E-state index contributed by atoms with van der Waals surface area (Å²) in [7, 11) is 0. The molecule has 94 valence electrons. The Hall–Kier alpha value is -0.680. The van der Waals surface area contributed by atoms with Gasteiger partial charge in [0.25, 0.3) is 0 Å². The van der Waals surface area contributed by atoms with Crippen molar-refractivity contribution >= 4 is 33.3 Å². The van der Waals surface area contributed by atoms with Crippen molar-refractivity contribution in [2.24, 2.45) is 0 Å². The van der Waals surface area contributed by atoms with Crippen LogP contribution in [0.1, 0.15) is 22.9 Å². The van der Waals surface area contributed by atoms with Crippen LogP contribution < -0.4 is 4.74 Å². The van der Waals surface area contributed by atoms with Crippen LogP contribution in [0.5, 0.6) is 5.75 Å². The summed E-state index contributed by atoms with van der Waals surface area (Å²) in [5, 5.41) is 0. The molecule has 17 heavy (non-hydrogen) atoms. The number of benzene rings is 1. The Morgan fingerprint density at radius 2 is 2.18 bits per heavy atom. The first-order valence-corrected chi connectivity index (χ1v) is 6.19. The van der Waals surface area contributed by atoms with Gasteiger partial charge in [-0.15, -0.1) is 11.6 Å². The molecule has 1 atom stereocenters. The second-order valence-electron chi connectivity index (χ2n) is 3.36. The molecule has 0 radical (unpaired) electrons. The van der Waals surface area contributed by atoms with E-state index in [0.717, 1.165) is 0 Å². The summed E-state index contributed by atoms with van der Waals surface area (Å²) in [5.74, 6) is -0.0367. The van der Waals surface area contributed by atoms with Gasteiger partial charge in [0, 0.05) is 11.4 Å². The molecular weight excluding hydrogens is 317 g/mol. The predicted octanol–water partition coefficient (Wildman–Crippen LogP) is 4.05. The molecule has 0 fully saturated rings. The molecular formula is C11H10BrClF2O2. The summed E-state index contributed by atoms with van der Waals surface area (Å²) in [6, 6.07) is 4.62. The third-order valence-corrected chi connectivity index (χ3v) is 3.52. The number of hydrogen-bond donors (Lipinski definition) is 0. The van der Waals surface area contributed by atoms with Crippen LogP contribution in [0, 0.1) is 0 Å². The Kier molecular flexibility index (Phi) is 5.33. The molecule has 0 heterocycles. The number of Topliss-reactive ketones (excluding diaryl/α,β-unsaturated/α-hetero) is 1. The van der Waals surface area contributed by atoms with Gasteiger partial charge in [-0.05, 0) is 18.6 Å². The molecule has 1 rings (SSSR count). The molecule has 0 N–H and O–H groups in total. The fraction of sp³-hybridized carbons (Fsp3) is 0.364. The Morgan fingerprint density at radius 1 is 1.53 bits per heavy atom. The third kappa shape index (κ3) is 3.92. The van der Waals surface area contributed by atoms with E-state index >= 15 is 0 Å². The zero-order valence-corrected chi connectivity index (χ0v) is 11.3. The summed E-state index contributed by atoms with van der Waals surface area (Å²) >= 11 is 8.74. The second-order valence-corrected chi connectivity index (χ2v) is 4.54. The van der Waals surface area contributed by atoms with Gasteiger partial charge in [0.05, 0.1) is 0 Å². The summed E-state index contributed by atoms with van der Waals surface area (Å²) < 4.78 is 28.9. The lowest BCUT2D eigenvalue weighted by molar-refractivity contribution is -0.116. The minimum atomic E-state index is -2.94. The van der Waals surface area contributed by atoms with Gasteiger partial charge in [-0.1, -0.05) is 28.1 Å². The molecule has 0 bridgehead atoms. The topological polar surface area (TPSA) is 26.3 Å². The van der Waals surface area contributed by atoms with Gasteiger partial charge in [0.15, 0.2) is 0 Å². The average molecular weight is 328 g/mol. The van der Waals surface area contributed by atoms with Crippen molar-refractivity contribution in [1.82, 2.24) is 0 Å². The fourth-order valence-electron chi connectivity index (χ4n) is 1.29. The maximum atomic E-state index is 12.2. The van der Waals surface area contributed by atoms with E-state index in [1.165, 1.54) is 13.0 Å². The van der Waals surface area contributed by atoms with E-state index in [4.69, 9.17) is 11.6 Å². The summed E-state index contributed by atoms with van der Waals surface area (Å²) in [6.45, 7) is -1.58. The van der Waals surface area contributed by atoms with Crippen molar-refractivity contribution in [3.05, 3.63) is 29.3 Å². The highest BCUT2D eigenvalue weighted by molar-refractivity contribution is 9.09. The maximum absolute atomic E-state index is 12.2. The average Bonchev–Trinajstić information content (AvgIpc) is 2.27. The van der Waals surface area contributed by atoms with E-state index in [2.05, 4.69) is 20.7 Å². The molecule has 2 nitrogen and oxygen atoms in total. The summed E-state index contributed by atoms with van der Waals surface area (Å²) in [5.41, 5.74) is 1.01. The van der Waals surface area contributed by atoms with Crippen LogP contribution in [-0.4, -0.2) is 12.4 Å². The van der Waals surface area contributed by atoms with Crippen molar-refractivity contribution in [2.75, 3.05) is 0 Å². The molecule has 0 saturated carbocycles. The highest BCUT2D eigenvalue weighted by Gasteiger charge is 2.19. The Balaban J connectivity index is 3.14. The lowest BCUT2D eigenvalue weighted by Gasteiger charge is -2.14. The number of ether oxygens (including phenoxy) is 1. The normalized spacial score (nSPS) is 12.6. The zero-order valence-electron chi connectivity index (χ0n) is 8.92. The molecule has 1 aromatic rings. The molecule has 1 aromatic carbocycles. The highest BCUT2D eigenvalue weighted by Crippen LogP contribution is 2.33. The van der Waals surface area contributed by atoms with E-state index < -0.39 is 11.4 Å². The molecule has 0 aliphatic carbocycles. The van der Waals surface area contributed by atoms with Gasteiger partial charge in [0.2, 0.25) is 0 Å². The largest absolute Gasteiger partial charge is 0.434 e. The van der Waals surface area contributed by atoms with Crippen LogP contribution in [-0.2, 0) is 10.7 Å². The first-order valence-electron chi connectivity index (χ1n) is 4.73. The molecule has 0 aromatic heterocycles. The van der Waals surface area contributed by atoms with Crippen molar-refractivity contribution < 1.29 is 18.3 Å². The predicted molar refractivity (Wildman–Crippen MR) is 65.0 cm³/mol. The van der Waals surface area contributed by atoms with E-state index in [1.54, 1.807) is 12.1 Å². The second kappa shape index (κ2) is 6.31. The van der Waals surface area contributed by atoms with Gasteiger partial charge in [0.1, 0.15) is 16.4 Å². The molecule has 0 aliphatic heterocycles. The van der Waals surface area contributed by atoms with Crippen LogP contribution in [0.4, 0.5) is 8.78 Å². The molecule has 6 heteroatoms. The van der Waals surface area contributed by atoms with Crippen LogP contribution >= 0.6 is 27.5 Å². The quantitative estimate of drug-likeness (QED) is 0.763. The molecule has 0 spiro atoms. The van der Waals surface area contributed by atoms with Gasteiger partial charge in [-0.3, -0.25) is 4.79 Å². The van der Waals surface area contributed by atoms with Gasteiger partial charge in [-0.2, -0.15) is 8.78 Å². The Bertz CT molecular complexity index is 412. The maximum Gasteiger partial charge on any atom is 0.387 e. The van der Waals surface area contributed by atoms with Gasteiger partial charge in [-0.25, -0.2) is 0 Å². The van der Waals surface area contributed by atoms with E-state index in [1.807, 2.05) is 0 Å². The number of carbonyl (C=O) groups is 1. The van der Waals surface area contributed by atoms with E-state index in [9.17, 15) is 13.6 Å². The highest BCUT2D eigenvalue weighted by atomic mass is 79.9. The summed E-state index contributed by atoms with van der Waals surface area (Å²) in [6.07, 6.45) is 0. The third-order valence-electron chi connectivity index (χ3n) is 2.08. The zero-order chi connectivity index (χ0) is 13.0. The number of rotatable bonds is 5. The number of ketones is 1. The van der Waals surface area contributed by atoms with Crippen LogP contribution in [0.3, 0.4) is 0 Å².